The van der Waals surface area contributed by atoms with Crippen molar-refractivity contribution in [2.45, 2.75) is 32.5 Å². The van der Waals surface area contributed by atoms with Crippen molar-refractivity contribution < 1.29 is 18.0 Å². The fraction of sp³-hybridized carbons (Fsp3) is 0.444. The Balaban J connectivity index is 1.69. The third-order valence-electron chi connectivity index (χ3n) is 4.50. The molecule has 1 aliphatic rings. The molecule has 3 rings (SSSR count). The summed E-state index contributed by atoms with van der Waals surface area (Å²) in [6.45, 7) is 3.96. The molecule has 1 fully saturated rings. The first-order chi connectivity index (χ1) is 11.8. The summed E-state index contributed by atoms with van der Waals surface area (Å²) >= 11 is 0. The highest BCUT2D eigenvalue weighted by molar-refractivity contribution is 5.98. The lowest BCUT2D eigenvalue weighted by atomic mass is 9.89. The maximum Gasteiger partial charge on any atom is 0.416 e. The number of nitrogens with one attached hydrogen (secondary N) is 1. The Morgan fingerprint density at radius 3 is 2.84 bits per heavy atom. The molecule has 25 heavy (non-hydrogen) atoms. The number of carbonyl (C=O) groups is 1. The average Bonchev–Trinajstić information content (AvgIpc) is 2.98. The maximum atomic E-state index is 12.9. The van der Waals surface area contributed by atoms with Crippen molar-refractivity contribution in [2.75, 3.05) is 13.1 Å². The van der Waals surface area contributed by atoms with E-state index >= 15 is 0 Å². The van der Waals surface area contributed by atoms with Crippen LogP contribution in [-0.4, -0.2) is 34.0 Å². The number of alkyl halides is 3. The van der Waals surface area contributed by atoms with Crippen LogP contribution >= 0.6 is 0 Å². The molecular weight excluding hydrogens is 331 g/mol. The van der Waals surface area contributed by atoms with E-state index in [-0.39, 0.29) is 17.3 Å². The van der Waals surface area contributed by atoms with Gasteiger partial charge in [0, 0.05) is 30.3 Å². The smallest absolute Gasteiger partial charge is 0.297 e. The molecular formula is C18H20F3N3O. The van der Waals surface area contributed by atoms with Crippen molar-refractivity contribution in [1.29, 1.82) is 0 Å². The molecule has 0 amide bonds. The summed E-state index contributed by atoms with van der Waals surface area (Å²) in [6.07, 6.45) is -2.89. The van der Waals surface area contributed by atoms with Gasteiger partial charge in [0.2, 0.25) is 0 Å². The average molecular weight is 351 g/mol. The van der Waals surface area contributed by atoms with Crippen LogP contribution in [-0.2, 0) is 12.7 Å². The van der Waals surface area contributed by atoms with Gasteiger partial charge in [-0.3, -0.25) is 14.8 Å². The first-order valence-electron chi connectivity index (χ1n) is 8.27. The van der Waals surface area contributed by atoms with Gasteiger partial charge in [-0.2, -0.15) is 18.3 Å². The van der Waals surface area contributed by atoms with Crippen LogP contribution in [0.5, 0.6) is 0 Å². The first kappa shape index (κ1) is 17.7. The number of Topliss-reactive ketones (excluding diaryl/α,β-unsaturated/α-hetero) is 1. The van der Waals surface area contributed by atoms with Gasteiger partial charge in [0.05, 0.1) is 11.3 Å². The van der Waals surface area contributed by atoms with Gasteiger partial charge >= 0.3 is 6.18 Å². The molecule has 1 saturated heterocycles. The molecule has 7 heteroatoms. The number of benzene rings is 1. The van der Waals surface area contributed by atoms with Crippen molar-refractivity contribution in [1.82, 2.24) is 15.1 Å². The summed E-state index contributed by atoms with van der Waals surface area (Å²) in [5.41, 5.74) is 1.24. The quantitative estimate of drug-likeness (QED) is 0.852. The molecule has 2 aromatic rings. The summed E-state index contributed by atoms with van der Waals surface area (Å²) in [4.78, 5) is 14.8. The van der Waals surface area contributed by atoms with Gasteiger partial charge in [-0.1, -0.05) is 12.1 Å². The van der Waals surface area contributed by atoms with Crippen LogP contribution in [0.2, 0.25) is 0 Å². The molecule has 0 radical (unpaired) electrons. The van der Waals surface area contributed by atoms with E-state index in [0.717, 1.165) is 36.5 Å². The predicted molar refractivity (Wildman–Crippen MR) is 87.1 cm³/mol. The molecule has 4 nitrogen and oxygen atoms in total. The van der Waals surface area contributed by atoms with Crippen LogP contribution < -0.4 is 0 Å². The second-order valence-electron chi connectivity index (χ2n) is 6.56. The third-order valence-corrected chi connectivity index (χ3v) is 4.50. The molecule has 1 unspecified atom stereocenters. The SMILES string of the molecule is Cc1cc(CN2CCCC(C(=O)c3cccc(C(F)(F)F)c3)C2)n[nH]1. The van der Waals surface area contributed by atoms with Crippen molar-refractivity contribution in [3.63, 3.8) is 0 Å². The van der Waals surface area contributed by atoms with Crippen LogP contribution in [0.3, 0.4) is 0 Å². The summed E-state index contributed by atoms with van der Waals surface area (Å²) in [5, 5.41) is 7.09. The Labute approximate surface area is 144 Å². The van der Waals surface area contributed by atoms with Crippen LogP contribution in [0.15, 0.2) is 30.3 Å². The summed E-state index contributed by atoms with van der Waals surface area (Å²) in [7, 11) is 0. The summed E-state index contributed by atoms with van der Waals surface area (Å²) in [6, 6.07) is 6.66. The van der Waals surface area contributed by atoms with Crippen molar-refractivity contribution in [2.24, 2.45) is 5.92 Å². The van der Waals surface area contributed by atoms with Gasteiger partial charge < -0.3 is 0 Å². The lowest BCUT2D eigenvalue weighted by Crippen LogP contribution is -2.38. The second-order valence-corrected chi connectivity index (χ2v) is 6.56. The van der Waals surface area contributed by atoms with Gasteiger partial charge in [-0.05, 0) is 44.5 Å². The van der Waals surface area contributed by atoms with Gasteiger partial charge in [0.1, 0.15) is 0 Å². The maximum absolute atomic E-state index is 12.9. The number of aryl methyl sites for hydroxylation is 1. The number of hydrogen-bond acceptors (Lipinski definition) is 3. The Morgan fingerprint density at radius 1 is 1.36 bits per heavy atom. The molecule has 0 aliphatic carbocycles. The molecule has 1 aromatic carbocycles. The lowest BCUT2D eigenvalue weighted by molar-refractivity contribution is -0.137. The van der Waals surface area contributed by atoms with Crippen LogP contribution in [0.25, 0.3) is 0 Å². The van der Waals surface area contributed by atoms with E-state index in [1.54, 1.807) is 0 Å². The van der Waals surface area contributed by atoms with E-state index in [1.165, 1.54) is 12.1 Å². The standard InChI is InChI=1S/C18H20F3N3O/c1-12-8-16(23-22-12)11-24-7-3-5-14(10-24)17(25)13-4-2-6-15(9-13)18(19,20)21/h2,4,6,8-9,14H,3,5,7,10-11H2,1H3,(H,22,23). The number of ketones is 1. The van der Waals surface area contributed by atoms with E-state index < -0.39 is 11.7 Å². The van der Waals surface area contributed by atoms with Crippen molar-refractivity contribution in [3.05, 3.63) is 52.8 Å². The molecule has 134 valence electrons. The van der Waals surface area contributed by atoms with Crippen LogP contribution in [0.1, 0.15) is 40.2 Å². The largest absolute Gasteiger partial charge is 0.416 e. The molecule has 0 bridgehead atoms. The molecule has 1 aliphatic heterocycles. The molecule has 1 N–H and O–H groups in total. The van der Waals surface area contributed by atoms with E-state index in [1.807, 2.05) is 13.0 Å². The highest BCUT2D eigenvalue weighted by atomic mass is 19.4. The number of piperidine rings is 1. The number of halogens is 3. The van der Waals surface area contributed by atoms with E-state index in [2.05, 4.69) is 15.1 Å². The van der Waals surface area contributed by atoms with E-state index in [4.69, 9.17) is 0 Å². The van der Waals surface area contributed by atoms with Gasteiger partial charge in [0.25, 0.3) is 0 Å². The topological polar surface area (TPSA) is 49.0 Å². The van der Waals surface area contributed by atoms with Crippen molar-refractivity contribution in [3.8, 4) is 0 Å². The minimum Gasteiger partial charge on any atom is -0.297 e. The number of hydrogen-bond donors (Lipinski definition) is 1. The monoisotopic (exact) mass is 351 g/mol. The first-order valence-corrected chi connectivity index (χ1v) is 8.27. The highest BCUT2D eigenvalue weighted by Crippen LogP contribution is 2.30. The number of rotatable bonds is 4. The molecule has 1 aromatic heterocycles. The molecule has 1 atom stereocenters. The number of H-pyrrole nitrogens is 1. The Hall–Kier alpha value is -2.15. The number of carbonyl (C=O) groups excluding carboxylic acids is 1. The van der Waals surface area contributed by atoms with Gasteiger partial charge in [-0.15, -0.1) is 0 Å². The Bertz CT molecular complexity index is 754. The lowest BCUT2D eigenvalue weighted by Gasteiger charge is -2.31. The minimum atomic E-state index is -4.44. The number of nitrogens with zero attached hydrogens (tertiary/aromatic N) is 2. The molecule has 2 heterocycles. The number of likely N-dealkylation sites (tertiary alicyclic amines) is 1. The zero-order chi connectivity index (χ0) is 18.0. The van der Waals surface area contributed by atoms with Crippen LogP contribution in [0, 0.1) is 12.8 Å². The summed E-state index contributed by atoms with van der Waals surface area (Å²) < 4.78 is 38.6. The van der Waals surface area contributed by atoms with Gasteiger partial charge in [-0.25, -0.2) is 0 Å². The van der Waals surface area contributed by atoms with Crippen molar-refractivity contribution >= 4 is 5.78 Å². The molecule has 0 spiro atoms. The zero-order valence-corrected chi connectivity index (χ0v) is 13.9. The number of aromatic nitrogens is 2. The second kappa shape index (κ2) is 7.00. The Morgan fingerprint density at radius 2 is 2.16 bits per heavy atom. The molecule has 0 saturated carbocycles. The summed E-state index contributed by atoms with van der Waals surface area (Å²) in [5.74, 6) is -0.494. The Kier molecular flexibility index (Phi) is 4.94. The third kappa shape index (κ3) is 4.28. The number of aromatic amines is 1. The fourth-order valence-electron chi connectivity index (χ4n) is 3.28. The van der Waals surface area contributed by atoms with E-state index in [0.29, 0.717) is 19.5 Å². The van der Waals surface area contributed by atoms with Crippen LogP contribution in [0.4, 0.5) is 13.2 Å². The minimum absolute atomic E-state index is 0.136. The van der Waals surface area contributed by atoms with E-state index in [9.17, 15) is 18.0 Å². The van der Waals surface area contributed by atoms with Gasteiger partial charge in [0.15, 0.2) is 5.78 Å². The normalized spacial score (nSPS) is 19.1. The highest BCUT2D eigenvalue weighted by Gasteiger charge is 2.32. The fourth-order valence-corrected chi connectivity index (χ4v) is 3.28. The predicted octanol–water partition coefficient (Wildman–Crippen LogP) is 3.83. The zero-order valence-electron chi connectivity index (χ0n) is 13.9.